The first kappa shape index (κ1) is 11.8. The van der Waals surface area contributed by atoms with Crippen molar-refractivity contribution in [2.45, 2.75) is 18.9 Å². The van der Waals surface area contributed by atoms with E-state index in [1.54, 1.807) is 0 Å². The van der Waals surface area contributed by atoms with Gasteiger partial charge in [-0.1, -0.05) is 0 Å². The molecule has 0 aromatic rings. The Morgan fingerprint density at radius 3 is 3.00 bits per heavy atom. The molecule has 1 saturated heterocycles. The summed E-state index contributed by atoms with van der Waals surface area (Å²) in [7, 11) is 0. The number of alkyl halides is 1. The number of nitrogens with one attached hydrogen (secondary N) is 1. The van der Waals surface area contributed by atoms with E-state index < -0.39 is 0 Å². The summed E-state index contributed by atoms with van der Waals surface area (Å²) < 4.78 is 10.3. The van der Waals surface area contributed by atoms with Gasteiger partial charge in [0.1, 0.15) is 12.0 Å². The van der Waals surface area contributed by atoms with Gasteiger partial charge in [-0.25, -0.2) is 0 Å². The van der Waals surface area contributed by atoms with Crippen LogP contribution in [0.1, 0.15) is 12.8 Å². The quantitative estimate of drug-likeness (QED) is 0.370. The number of amides is 1. The summed E-state index contributed by atoms with van der Waals surface area (Å²) in [5, 5.41) is 2.69. The second-order valence-corrected chi connectivity index (χ2v) is 3.49. The summed E-state index contributed by atoms with van der Waals surface area (Å²) in [5.74, 6) is -0.0748. The Balaban J connectivity index is 1.72. The predicted octanol–water partition coefficient (Wildman–Crippen LogP) is 0.537. The second kappa shape index (κ2) is 7.04. The lowest BCUT2D eigenvalue weighted by atomic mass is 10.3. The van der Waals surface area contributed by atoms with E-state index >= 15 is 0 Å². The zero-order valence-electron chi connectivity index (χ0n) is 8.13. The van der Waals surface area contributed by atoms with E-state index in [0.717, 1.165) is 26.1 Å². The molecule has 1 unspecified atom stereocenters. The molecule has 0 spiro atoms. The fourth-order valence-corrected chi connectivity index (χ4v) is 1.08. The van der Waals surface area contributed by atoms with E-state index in [9.17, 15) is 4.79 Å². The summed E-state index contributed by atoms with van der Waals surface area (Å²) in [6, 6.07) is 0. The van der Waals surface area contributed by atoms with Crippen molar-refractivity contribution in [3.8, 4) is 0 Å². The lowest BCUT2D eigenvalue weighted by Crippen LogP contribution is -2.25. The maximum atomic E-state index is 10.7. The maximum absolute atomic E-state index is 10.7. The third kappa shape index (κ3) is 6.18. The van der Waals surface area contributed by atoms with Crippen LogP contribution in [0.2, 0.25) is 0 Å². The summed E-state index contributed by atoms with van der Waals surface area (Å²) in [6.07, 6.45) is 2.22. The highest BCUT2D eigenvalue weighted by molar-refractivity contribution is 6.27. The van der Waals surface area contributed by atoms with Gasteiger partial charge in [0.05, 0.1) is 13.2 Å². The highest BCUT2D eigenvalue weighted by Gasteiger charge is 2.21. The fourth-order valence-electron chi connectivity index (χ4n) is 0.983. The Hall–Kier alpha value is -0.320. The maximum Gasteiger partial charge on any atom is 0.234 e. The molecule has 1 aliphatic heterocycles. The standard InChI is InChI=1S/C9H16ClNO3/c10-5-9(12)11-3-1-2-4-13-6-8-7-14-8/h8H,1-7H2,(H,11,12). The van der Waals surface area contributed by atoms with Crippen LogP contribution >= 0.6 is 11.6 Å². The van der Waals surface area contributed by atoms with E-state index in [-0.39, 0.29) is 11.8 Å². The molecule has 4 nitrogen and oxygen atoms in total. The van der Waals surface area contributed by atoms with Gasteiger partial charge in [-0.05, 0) is 12.8 Å². The van der Waals surface area contributed by atoms with Gasteiger partial charge >= 0.3 is 0 Å². The molecule has 0 saturated carbocycles. The smallest absolute Gasteiger partial charge is 0.234 e. The van der Waals surface area contributed by atoms with Crippen LogP contribution in [0.25, 0.3) is 0 Å². The van der Waals surface area contributed by atoms with Crippen LogP contribution in [0.5, 0.6) is 0 Å². The van der Waals surface area contributed by atoms with Gasteiger partial charge in [0.15, 0.2) is 0 Å². The lowest BCUT2D eigenvalue weighted by molar-refractivity contribution is -0.118. The van der Waals surface area contributed by atoms with Crippen LogP contribution in [0.3, 0.4) is 0 Å². The molecule has 1 atom stereocenters. The fraction of sp³-hybridized carbons (Fsp3) is 0.889. The zero-order valence-corrected chi connectivity index (χ0v) is 8.89. The van der Waals surface area contributed by atoms with Crippen molar-refractivity contribution < 1.29 is 14.3 Å². The summed E-state index contributed by atoms with van der Waals surface area (Å²) in [4.78, 5) is 10.7. The molecule has 14 heavy (non-hydrogen) atoms. The minimum atomic E-state index is -0.112. The van der Waals surface area contributed by atoms with Crippen molar-refractivity contribution in [1.82, 2.24) is 5.32 Å². The molecule has 5 heteroatoms. The summed E-state index contributed by atoms with van der Waals surface area (Å²) >= 11 is 5.31. The van der Waals surface area contributed by atoms with E-state index in [1.165, 1.54) is 0 Å². The predicted molar refractivity (Wildman–Crippen MR) is 53.5 cm³/mol. The van der Waals surface area contributed by atoms with Crippen molar-refractivity contribution in [3.05, 3.63) is 0 Å². The number of carbonyl (C=O) groups excluding carboxylic acids is 1. The van der Waals surface area contributed by atoms with E-state index in [1.807, 2.05) is 0 Å². The van der Waals surface area contributed by atoms with Crippen LogP contribution in [0.15, 0.2) is 0 Å². The number of rotatable bonds is 8. The van der Waals surface area contributed by atoms with Gasteiger partial charge in [0.2, 0.25) is 5.91 Å². The highest BCUT2D eigenvalue weighted by atomic mass is 35.5. The van der Waals surface area contributed by atoms with Gasteiger partial charge < -0.3 is 14.8 Å². The van der Waals surface area contributed by atoms with Crippen LogP contribution in [-0.2, 0) is 14.3 Å². The monoisotopic (exact) mass is 221 g/mol. The Morgan fingerprint density at radius 2 is 2.36 bits per heavy atom. The van der Waals surface area contributed by atoms with Crippen LogP contribution in [-0.4, -0.2) is 44.3 Å². The molecule has 0 bridgehead atoms. The summed E-state index contributed by atoms with van der Waals surface area (Å²) in [6.45, 7) is 2.95. The molecule has 82 valence electrons. The molecule has 1 heterocycles. The first-order chi connectivity index (χ1) is 6.83. The van der Waals surface area contributed by atoms with Crippen LogP contribution < -0.4 is 5.32 Å². The second-order valence-electron chi connectivity index (χ2n) is 3.22. The minimum absolute atomic E-state index is 0.0372. The van der Waals surface area contributed by atoms with Gasteiger partial charge in [-0.2, -0.15) is 0 Å². The molecule has 0 aliphatic carbocycles. The molecule has 1 rings (SSSR count). The Labute approximate surface area is 88.9 Å². The molecular formula is C9H16ClNO3. The molecule has 1 aliphatic rings. The molecule has 1 fully saturated rings. The zero-order chi connectivity index (χ0) is 10.2. The number of hydrogen-bond donors (Lipinski definition) is 1. The average molecular weight is 222 g/mol. The number of epoxide rings is 1. The van der Waals surface area contributed by atoms with Crippen molar-refractivity contribution in [2.24, 2.45) is 0 Å². The largest absolute Gasteiger partial charge is 0.379 e. The van der Waals surface area contributed by atoms with Gasteiger partial charge in [-0.3, -0.25) is 4.79 Å². The third-order valence-corrected chi connectivity index (χ3v) is 2.11. The normalized spacial score (nSPS) is 19.4. The van der Waals surface area contributed by atoms with Crippen molar-refractivity contribution in [2.75, 3.05) is 32.2 Å². The number of unbranched alkanes of at least 4 members (excludes halogenated alkanes) is 1. The molecule has 0 aromatic heterocycles. The minimum Gasteiger partial charge on any atom is -0.379 e. The number of carbonyl (C=O) groups is 1. The van der Waals surface area contributed by atoms with Crippen molar-refractivity contribution >= 4 is 17.5 Å². The van der Waals surface area contributed by atoms with E-state index in [4.69, 9.17) is 21.1 Å². The average Bonchev–Trinajstić information content (AvgIpc) is 2.99. The number of ether oxygens (including phenoxy) is 2. The lowest BCUT2D eigenvalue weighted by Gasteiger charge is -2.03. The van der Waals surface area contributed by atoms with Gasteiger partial charge in [-0.15, -0.1) is 11.6 Å². The van der Waals surface area contributed by atoms with E-state index in [2.05, 4.69) is 5.32 Å². The first-order valence-corrected chi connectivity index (χ1v) is 5.38. The molecule has 0 radical (unpaired) electrons. The number of halogens is 1. The van der Waals surface area contributed by atoms with Gasteiger partial charge in [0.25, 0.3) is 0 Å². The first-order valence-electron chi connectivity index (χ1n) is 4.85. The third-order valence-electron chi connectivity index (χ3n) is 1.87. The van der Waals surface area contributed by atoms with Crippen LogP contribution in [0.4, 0.5) is 0 Å². The number of hydrogen-bond acceptors (Lipinski definition) is 3. The summed E-state index contributed by atoms with van der Waals surface area (Å²) in [5.41, 5.74) is 0. The molecule has 1 N–H and O–H groups in total. The SMILES string of the molecule is O=C(CCl)NCCCCOCC1CO1. The molecule has 0 aromatic carbocycles. The van der Waals surface area contributed by atoms with Crippen molar-refractivity contribution in [1.29, 1.82) is 0 Å². The Kier molecular flexibility index (Phi) is 5.91. The Morgan fingerprint density at radius 1 is 1.57 bits per heavy atom. The molecule has 1 amide bonds. The van der Waals surface area contributed by atoms with Gasteiger partial charge in [0, 0.05) is 13.2 Å². The highest BCUT2D eigenvalue weighted by Crippen LogP contribution is 2.08. The van der Waals surface area contributed by atoms with Crippen molar-refractivity contribution in [3.63, 3.8) is 0 Å². The topological polar surface area (TPSA) is 50.9 Å². The van der Waals surface area contributed by atoms with Crippen LogP contribution in [0, 0.1) is 0 Å². The molecular weight excluding hydrogens is 206 g/mol. The Bertz CT molecular complexity index is 173. The van der Waals surface area contributed by atoms with E-state index in [0.29, 0.717) is 19.3 Å².